The summed E-state index contributed by atoms with van der Waals surface area (Å²) in [7, 11) is 0. The molecule has 1 aliphatic heterocycles. The van der Waals surface area contributed by atoms with Gasteiger partial charge in [0.25, 0.3) is 0 Å². The van der Waals surface area contributed by atoms with E-state index in [1.807, 2.05) is 6.92 Å². The molecule has 3 aliphatic rings. The van der Waals surface area contributed by atoms with Crippen molar-refractivity contribution in [3.05, 3.63) is 0 Å². The molecule has 0 aromatic carbocycles. The Morgan fingerprint density at radius 3 is 2.16 bits per heavy atom. The summed E-state index contributed by atoms with van der Waals surface area (Å²) in [6, 6.07) is 0. The van der Waals surface area contributed by atoms with Crippen molar-refractivity contribution in [2.45, 2.75) is 114 Å². The van der Waals surface area contributed by atoms with Crippen LogP contribution in [0.1, 0.15) is 60.3 Å². The van der Waals surface area contributed by atoms with Crippen LogP contribution >= 0.6 is 0 Å². The van der Waals surface area contributed by atoms with Gasteiger partial charge in [-0.1, -0.05) is 6.92 Å². The summed E-state index contributed by atoms with van der Waals surface area (Å²) in [6.45, 7) is 7.57. The van der Waals surface area contributed by atoms with Gasteiger partial charge in [-0.2, -0.15) is 0 Å². The van der Waals surface area contributed by atoms with E-state index in [1.165, 1.54) is 6.92 Å². The van der Waals surface area contributed by atoms with Crippen LogP contribution < -0.4 is 0 Å². The molecule has 10 heteroatoms. The fourth-order valence-corrected chi connectivity index (χ4v) is 6.06. The van der Waals surface area contributed by atoms with Crippen LogP contribution in [0.5, 0.6) is 0 Å². The van der Waals surface area contributed by atoms with Crippen molar-refractivity contribution in [1.29, 1.82) is 0 Å². The van der Waals surface area contributed by atoms with Gasteiger partial charge in [-0.15, -0.1) is 0 Å². The van der Waals surface area contributed by atoms with Crippen LogP contribution in [0.3, 0.4) is 0 Å². The Hall–Kier alpha value is -0.400. The predicted molar refractivity (Wildman–Crippen MR) is 111 cm³/mol. The molecule has 1 heterocycles. The summed E-state index contributed by atoms with van der Waals surface area (Å²) in [5.41, 5.74) is -4.71. The van der Waals surface area contributed by atoms with Crippen molar-refractivity contribution in [2.24, 2.45) is 17.3 Å². The van der Waals surface area contributed by atoms with Gasteiger partial charge in [0, 0.05) is 17.3 Å². The standard InChI is InChI=1S/C22H40O10/c1-19(2,28)11-6-8-20(3)12(24)7-9-21(4,29)16(20)15(11)31-32-18-14(26)13(25)17(27)22(5,10-23)30-18/h11-18,23-29H,6-10H2,1-5H3/t11-,12+,13-,14-,15-,16+,17+,18-,20-,21+,22+/m1/s1. The van der Waals surface area contributed by atoms with Gasteiger partial charge >= 0.3 is 0 Å². The summed E-state index contributed by atoms with van der Waals surface area (Å²) < 4.78 is 5.53. The normalized spacial score (nSPS) is 52.5. The van der Waals surface area contributed by atoms with E-state index in [4.69, 9.17) is 14.5 Å². The van der Waals surface area contributed by atoms with E-state index in [1.54, 1.807) is 20.8 Å². The van der Waals surface area contributed by atoms with E-state index in [2.05, 4.69) is 0 Å². The molecule has 10 nitrogen and oxygen atoms in total. The highest BCUT2D eigenvalue weighted by molar-refractivity contribution is 5.10. The Labute approximate surface area is 188 Å². The Balaban J connectivity index is 1.90. The molecule has 188 valence electrons. The fourth-order valence-electron chi connectivity index (χ4n) is 6.06. The lowest BCUT2D eigenvalue weighted by Crippen LogP contribution is -2.67. The van der Waals surface area contributed by atoms with Gasteiger partial charge in [0.1, 0.15) is 30.0 Å². The molecule has 0 bridgehead atoms. The first-order valence-corrected chi connectivity index (χ1v) is 11.4. The first kappa shape index (κ1) is 26.2. The fraction of sp³-hybridized carbons (Fsp3) is 1.00. The lowest BCUT2D eigenvalue weighted by molar-refractivity contribution is -0.470. The molecule has 3 fully saturated rings. The topological polar surface area (TPSA) is 169 Å². The Bertz CT molecular complexity index is 666. The molecule has 1 saturated heterocycles. The maximum absolute atomic E-state index is 11.3. The van der Waals surface area contributed by atoms with E-state index in [0.29, 0.717) is 25.7 Å². The van der Waals surface area contributed by atoms with E-state index in [9.17, 15) is 35.7 Å². The number of aliphatic hydroxyl groups is 7. The summed E-state index contributed by atoms with van der Waals surface area (Å²) in [6.07, 6.45) is -6.13. The molecular formula is C22H40O10. The minimum atomic E-state index is -1.67. The largest absolute Gasteiger partial charge is 0.393 e. The van der Waals surface area contributed by atoms with Crippen molar-refractivity contribution >= 4 is 0 Å². The zero-order chi connectivity index (χ0) is 24.3. The van der Waals surface area contributed by atoms with Crippen LogP contribution in [0.15, 0.2) is 0 Å². The first-order valence-electron chi connectivity index (χ1n) is 11.4. The highest BCUT2D eigenvalue weighted by Gasteiger charge is 2.62. The van der Waals surface area contributed by atoms with Crippen molar-refractivity contribution in [1.82, 2.24) is 0 Å². The molecule has 0 radical (unpaired) electrons. The molecule has 0 unspecified atom stereocenters. The van der Waals surface area contributed by atoms with Gasteiger partial charge in [0.2, 0.25) is 6.29 Å². The Morgan fingerprint density at radius 2 is 1.59 bits per heavy atom. The second kappa shape index (κ2) is 8.67. The monoisotopic (exact) mass is 464 g/mol. The van der Waals surface area contributed by atoms with Crippen molar-refractivity contribution in [2.75, 3.05) is 6.61 Å². The second-order valence-corrected chi connectivity index (χ2v) is 11.2. The van der Waals surface area contributed by atoms with Crippen molar-refractivity contribution < 1.29 is 50.3 Å². The molecule has 32 heavy (non-hydrogen) atoms. The maximum atomic E-state index is 11.3. The number of hydrogen-bond donors (Lipinski definition) is 7. The van der Waals surface area contributed by atoms with Gasteiger partial charge < -0.3 is 40.5 Å². The van der Waals surface area contributed by atoms with Gasteiger partial charge in [-0.25, -0.2) is 9.78 Å². The van der Waals surface area contributed by atoms with Gasteiger partial charge in [-0.3, -0.25) is 0 Å². The summed E-state index contributed by atoms with van der Waals surface area (Å²) in [4.78, 5) is 11.2. The van der Waals surface area contributed by atoms with Crippen LogP contribution in [-0.4, -0.2) is 96.0 Å². The average molecular weight is 465 g/mol. The second-order valence-electron chi connectivity index (χ2n) is 11.2. The lowest BCUT2D eigenvalue weighted by Gasteiger charge is -2.60. The highest BCUT2D eigenvalue weighted by Crippen LogP contribution is 2.57. The molecule has 3 rings (SSSR count). The summed E-state index contributed by atoms with van der Waals surface area (Å²) >= 11 is 0. The molecule has 11 atom stereocenters. The lowest BCUT2D eigenvalue weighted by atomic mass is 9.50. The molecule has 2 aliphatic carbocycles. The number of aliphatic hydroxyl groups excluding tert-OH is 5. The van der Waals surface area contributed by atoms with Crippen LogP contribution in [0.25, 0.3) is 0 Å². The van der Waals surface area contributed by atoms with Crippen LogP contribution in [0.2, 0.25) is 0 Å². The maximum Gasteiger partial charge on any atom is 0.220 e. The molecule has 0 amide bonds. The van der Waals surface area contributed by atoms with E-state index in [0.717, 1.165) is 0 Å². The minimum Gasteiger partial charge on any atom is -0.393 e. The van der Waals surface area contributed by atoms with Crippen LogP contribution in [0.4, 0.5) is 0 Å². The SMILES string of the molecule is CC(C)(O)[C@@H]1CC[C@]2(C)[C@@H](O)CC[C@](C)(O)[C@H]2[C@@H]1OO[C@H]1O[C@@](C)(CO)[C@@H](O)[C@H](O)[C@H]1O. The summed E-state index contributed by atoms with van der Waals surface area (Å²) in [5.74, 6) is -1.08. The third kappa shape index (κ3) is 4.35. The van der Waals surface area contributed by atoms with Gasteiger partial charge in [0.05, 0.1) is 23.9 Å². The molecule has 2 saturated carbocycles. The highest BCUT2D eigenvalue weighted by atomic mass is 17.2. The zero-order valence-corrected chi connectivity index (χ0v) is 19.5. The van der Waals surface area contributed by atoms with E-state index >= 15 is 0 Å². The van der Waals surface area contributed by atoms with Crippen LogP contribution in [0, 0.1) is 17.3 Å². The third-order valence-corrected chi connectivity index (χ3v) is 8.23. The molecule has 7 N–H and O–H groups in total. The number of ether oxygens (including phenoxy) is 1. The smallest absolute Gasteiger partial charge is 0.220 e. The zero-order valence-electron chi connectivity index (χ0n) is 19.5. The Morgan fingerprint density at radius 1 is 0.969 bits per heavy atom. The molecule has 0 aromatic heterocycles. The van der Waals surface area contributed by atoms with E-state index in [-0.39, 0.29) is 0 Å². The quantitative estimate of drug-likeness (QED) is 0.202. The van der Waals surface area contributed by atoms with Gasteiger partial charge in [0.15, 0.2) is 0 Å². The number of fused-ring (bicyclic) bond motifs is 1. The molecule has 0 spiro atoms. The molecule has 0 aromatic rings. The summed E-state index contributed by atoms with van der Waals surface area (Å²) in [5, 5.41) is 73.3. The third-order valence-electron chi connectivity index (χ3n) is 8.23. The Kier molecular flexibility index (Phi) is 7.10. The molecular weight excluding hydrogens is 424 g/mol. The number of rotatable bonds is 5. The predicted octanol–water partition coefficient (Wildman–Crippen LogP) is -0.798. The van der Waals surface area contributed by atoms with E-state index < -0.39 is 77.5 Å². The average Bonchev–Trinajstić information content (AvgIpc) is 2.70. The van der Waals surface area contributed by atoms with Crippen molar-refractivity contribution in [3.8, 4) is 0 Å². The number of hydrogen-bond acceptors (Lipinski definition) is 10. The van der Waals surface area contributed by atoms with Crippen molar-refractivity contribution in [3.63, 3.8) is 0 Å². The van der Waals surface area contributed by atoms with Crippen LogP contribution in [-0.2, 0) is 14.5 Å². The first-order chi connectivity index (χ1) is 14.6. The minimum absolute atomic E-state index is 0.336. The van der Waals surface area contributed by atoms with Gasteiger partial charge in [-0.05, 0) is 53.4 Å².